The Kier molecular flexibility index (Phi) is 5.08. The number of likely N-dealkylation sites (N-methyl/N-ethyl adjacent to an activating group) is 1. The van der Waals surface area contributed by atoms with Crippen LogP contribution in [0.5, 0.6) is 0 Å². The van der Waals surface area contributed by atoms with Crippen LogP contribution in [0.15, 0.2) is 11.8 Å². The van der Waals surface area contributed by atoms with Crippen LogP contribution in [0.25, 0.3) is 0 Å². The van der Waals surface area contributed by atoms with E-state index in [4.69, 9.17) is 4.74 Å². The summed E-state index contributed by atoms with van der Waals surface area (Å²) in [6, 6.07) is -0.206. The molecular weight excluding hydrogens is 223 g/mol. The summed E-state index contributed by atoms with van der Waals surface area (Å²) in [5, 5.41) is 2.92. The average Bonchev–Trinajstić information content (AvgIpc) is 2.24. The van der Waals surface area contributed by atoms with Gasteiger partial charge in [0, 0.05) is 0 Å². The first-order valence-corrected chi connectivity index (χ1v) is 5.15. The predicted octanol–water partition coefficient (Wildman–Crippen LogP) is 1.85. The molecule has 0 aromatic heterocycles. The second-order valence-corrected chi connectivity index (χ2v) is 3.64. The molecule has 1 aliphatic rings. The number of rotatable bonds is 5. The molecular formula is C10H16F3NO2. The minimum absolute atomic E-state index is 0.00516. The Labute approximate surface area is 92.6 Å². The van der Waals surface area contributed by atoms with Gasteiger partial charge in [0.1, 0.15) is 6.61 Å². The van der Waals surface area contributed by atoms with Crippen LogP contribution in [0.2, 0.25) is 0 Å². The van der Waals surface area contributed by atoms with Crippen molar-refractivity contribution in [3.63, 3.8) is 0 Å². The van der Waals surface area contributed by atoms with Crippen molar-refractivity contribution in [1.82, 2.24) is 5.32 Å². The maximum absolute atomic E-state index is 11.9. The van der Waals surface area contributed by atoms with E-state index >= 15 is 0 Å². The lowest BCUT2D eigenvalue weighted by atomic mass is 10.0. The van der Waals surface area contributed by atoms with Crippen LogP contribution < -0.4 is 5.32 Å². The van der Waals surface area contributed by atoms with E-state index in [1.165, 1.54) is 0 Å². The number of hydrogen-bond donors (Lipinski definition) is 1. The fourth-order valence-corrected chi connectivity index (χ4v) is 1.51. The van der Waals surface area contributed by atoms with Gasteiger partial charge in [-0.3, -0.25) is 0 Å². The summed E-state index contributed by atoms with van der Waals surface area (Å²) >= 11 is 0. The molecule has 0 radical (unpaired) electrons. The Bertz CT molecular complexity index is 241. The van der Waals surface area contributed by atoms with E-state index in [1.807, 2.05) is 0 Å². The molecule has 94 valence electrons. The molecule has 0 amide bonds. The molecule has 0 aromatic rings. The zero-order valence-electron chi connectivity index (χ0n) is 9.14. The van der Waals surface area contributed by atoms with Crippen molar-refractivity contribution >= 4 is 0 Å². The molecule has 1 heterocycles. The van der Waals surface area contributed by atoms with Gasteiger partial charge in [0.05, 0.1) is 25.5 Å². The van der Waals surface area contributed by atoms with Gasteiger partial charge < -0.3 is 14.8 Å². The summed E-state index contributed by atoms with van der Waals surface area (Å²) < 4.78 is 45.4. The van der Waals surface area contributed by atoms with E-state index in [9.17, 15) is 13.2 Å². The molecule has 1 rings (SSSR count). The molecule has 0 aromatic carbocycles. The van der Waals surface area contributed by atoms with E-state index in [2.05, 4.69) is 10.1 Å². The van der Waals surface area contributed by atoms with Crippen LogP contribution in [0.3, 0.4) is 0 Å². The van der Waals surface area contributed by atoms with Gasteiger partial charge in [-0.15, -0.1) is 0 Å². The van der Waals surface area contributed by atoms with E-state index in [0.29, 0.717) is 6.61 Å². The second-order valence-electron chi connectivity index (χ2n) is 3.64. The number of ether oxygens (including phenoxy) is 2. The van der Waals surface area contributed by atoms with Crippen molar-refractivity contribution < 1.29 is 22.6 Å². The Hall–Kier alpha value is -0.750. The smallest absolute Gasteiger partial charge is 0.411 e. The van der Waals surface area contributed by atoms with Crippen molar-refractivity contribution in [2.24, 2.45) is 0 Å². The zero-order valence-corrected chi connectivity index (χ0v) is 9.14. The maximum atomic E-state index is 11.9. The monoisotopic (exact) mass is 239 g/mol. The topological polar surface area (TPSA) is 30.5 Å². The Morgan fingerprint density at radius 1 is 1.56 bits per heavy atom. The lowest BCUT2D eigenvalue weighted by Gasteiger charge is -2.23. The van der Waals surface area contributed by atoms with Gasteiger partial charge in [0.2, 0.25) is 0 Å². The van der Waals surface area contributed by atoms with Crippen LogP contribution in [0.4, 0.5) is 13.2 Å². The summed E-state index contributed by atoms with van der Waals surface area (Å²) in [6.45, 7) is -0.534. The normalized spacial score (nSPS) is 18.9. The molecule has 6 heteroatoms. The molecule has 1 aliphatic heterocycles. The fraction of sp³-hybridized carbons (Fsp3) is 0.800. The minimum Gasteiger partial charge on any atom is -0.501 e. The van der Waals surface area contributed by atoms with Gasteiger partial charge in [-0.05, 0) is 25.5 Å². The van der Waals surface area contributed by atoms with Gasteiger partial charge in [-0.1, -0.05) is 0 Å². The van der Waals surface area contributed by atoms with E-state index in [-0.39, 0.29) is 12.6 Å². The van der Waals surface area contributed by atoms with Crippen molar-refractivity contribution in [1.29, 1.82) is 0 Å². The highest BCUT2D eigenvalue weighted by atomic mass is 19.4. The molecule has 16 heavy (non-hydrogen) atoms. The van der Waals surface area contributed by atoms with Crippen LogP contribution in [0, 0.1) is 0 Å². The van der Waals surface area contributed by atoms with Gasteiger partial charge in [0.25, 0.3) is 0 Å². The highest BCUT2D eigenvalue weighted by Gasteiger charge is 2.28. The van der Waals surface area contributed by atoms with Gasteiger partial charge >= 0.3 is 6.18 Å². The zero-order chi connectivity index (χ0) is 12.0. The maximum Gasteiger partial charge on any atom is 0.411 e. The molecule has 0 bridgehead atoms. The molecule has 1 unspecified atom stereocenters. The van der Waals surface area contributed by atoms with Crippen LogP contribution in [-0.4, -0.2) is 39.1 Å². The molecule has 1 atom stereocenters. The highest BCUT2D eigenvalue weighted by Crippen LogP contribution is 2.18. The Balaban J connectivity index is 2.34. The largest absolute Gasteiger partial charge is 0.501 e. The fourth-order valence-electron chi connectivity index (χ4n) is 1.51. The summed E-state index contributed by atoms with van der Waals surface area (Å²) in [5.41, 5.74) is 0.955. The van der Waals surface area contributed by atoms with E-state index in [1.54, 1.807) is 13.3 Å². The number of alkyl halides is 3. The quantitative estimate of drug-likeness (QED) is 0.794. The lowest BCUT2D eigenvalue weighted by Crippen LogP contribution is -2.35. The third kappa shape index (κ3) is 4.85. The van der Waals surface area contributed by atoms with Crippen LogP contribution >= 0.6 is 0 Å². The molecule has 0 fully saturated rings. The second kappa shape index (κ2) is 6.10. The summed E-state index contributed by atoms with van der Waals surface area (Å²) in [6.07, 6.45) is -0.929. The predicted molar refractivity (Wildman–Crippen MR) is 53.0 cm³/mol. The van der Waals surface area contributed by atoms with Gasteiger partial charge in [-0.25, -0.2) is 0 Å². The van der Waals surface area contributed by atoms with Crippen molar-refractivity contribution in [2.75, 3.05) is 26.9 Å². The highest BCUT2D eigenvalue weighted by molar-refractivity contribution is 5.09. The van der Waals surface area contributed by atoms with Gasteiger partial charge in [-0.2, -0.15) is 13.2 Å². The number of hydrogen-bond acceptors (Lipinski definition) is 3. The first-order chi connectivity index (χ1) is 7.53. The standard InChI is InChI=1S/C10H16F3NO2/c1-14-9(6-16-7-10(11,12)13)8-3-2-4-15-5-8/h5,9,14H,2-4,6-7H2,1H3. The molecule has 3 nitrogen and oxygen atoms in total. The number of nitrogens with one attached hydrogen (secondary N) is 1. The molecule has 0 saturated carbocycles. The van der Waals surface area contributed by atoms with E-state index in [0.717, 1.165) is 18.4 Å². The summed E-state index contributed by atoms with van der Waals surface area (Å²) in [4.78, 5) is 0. The van der Waals surface area contributed by atoms with Crippen molar-refractivity contribution in [3.8, 4) is 0 Å². The van der Waals surface area contributed by atoms with Gasteiger partial charge in [0.15, 0.2) is 0 Å². The first-order valence-electron chi connectivity index (χ1n) is 5.15. The molecule has 0 saturated heterocycles. The lowest BCUT2D eigenvalue weighted by molar-refractivity contribution is -0.174. The summed E-state index contributed by atoms with van der Waals surface area (Å²) in [5.74, 6) is 0. The van der Waals surface area contributed by atoms with Crippen molar-refractivity contribution in [3.05, 3.63) is 11.8 Å². The molecule has 1 N–H and O–H groups in total. The van der Waals surface area contributed by atoms with E-state index < -0.39 is 12.8 Å². The first kappa shape index (κ1) is 13.3. The average molecular weight is 239 g/mol. The minimum atomic E-state index is -4.27. The van der Waals surface area contributed by atoms with Crippen LogP contribution in [-0.2, 0) is 9.47 Å². The third-order valence-electron chi connectivity index (χ3n) is 2.31. The van der Waals surface area contributed by atoms with Crippen molar-refractivity contribution in [2.45, 2.75) is 25.1 Å². The number of halogens is 3. The SMILES string of the molecule is CNC(COCC(F)(F)F)C1=COCCC1. The Morgan fingerprint density at radius 3 is 2.81 bits per heavy atom. The van der Waals surface area contributed by atoms with Crippen LogP contribution in [0.1, 0.15) is 12.8 Å². The summed E-state index contributed by atoms with van der Waals surface area (Å²) in [7, 11) is 1.69. The third-order valence-corrected chi connectivity index (χ3v) is 2.31. The molecule has 0 aliphatic carbocycles. The Morgan fingerprint density at radius 2 is 2.31 bits per heavy atom. The molecule has 0 spiro atoms.